The van der Waals surface area contributed by atoms with Crippen molar-refractivity contribution in [3.63, 3.8) is 0 Å². The van der Waals surface area contributed by atoms with Crippen LogP contribution in [0.3, 0.4) is 0 Å². The molecule has 19 heavy (non-hydrogen) atoms. The number of nitrogens with one attached hydrogen (secondary N) is 1. The Morgan fingerprint density at radius 2 is 2.21 bits per heavy atom. The van der Waals surface area contributed by atoms with E-state index >= 15 is 0 Å². The molecule has 2 N–H and O–H groups in total. The molecule has 0 aliphatic rings. The summed E-state index contributed by atoms with van der Waals surface area (Å²) in [5, 5.41) is 17.9. The second-order valence-corrected chi connectivity index (χ2v) is 5.06. The van der Waals surface area contributed by atoms with Gasteiger partial charge in [0.25, 0.3) is 0 Å². The molecular weight excluding hydrogens is 262 g/mol. The van der Waals surface area contributed by atoms with Gasteiger partial charge in [-0.05, 0) is 26.0 Å². The molecule has 0 radical (unpaired) electrons. The minimum Gasteiger partial charge on any atom is -0.508 e. The van der Waals surface area contributed by atoms with Crippen LogP contribution in [0.2, 0.25) is 5.02 Å². The van der Waals surface area contributed by atoms with Gasteiger partial charge in [0.2, 0.25) is 0 Å². The Hall–Kier alpha value is -1.52. The molecule has 0 bridgehead atoms. The highest BCUT2D eigenvalue weighted by Crippen LogP contribution is 2.26. The summed E-state index contributed by atoms with van der Waals surface area (Å²) in [5.74, 6) is 0.218. The minimum atomic E-state index is 0.143. The van der Waals surface area contributed by atoms with Gasteiger partial charge in [-0.2, -0.15) is 5.10 Å². The van der Waals surface area contributed by atoms with E-state index in [4.69, 9.17) is 11.6 Å². The molecule has 0 spiro atoms. The van der Waals surface area contributed by atoms with E-state index in [9.17, 15) is 5.11 Å². The molecule has 1 unspecified atom stereocenters. The fraction of sp³-hybridized carbons (Fsp3) is 0.357. The molecule has 4 nitrogen and oxygen atoms in total. The van der Waals surface area contributed by atoms with Gasteiger partial charge in [-0.3, -0.25) is 4.68 Å². The first-order chi connectivity index (χ1) is 9.00. The summed E-state index contributed by atoms with van der Waals surface area (Å²) >= 11 is 6.08. The Morgan fingerprint density at radius 3 is 2.79 bits per heavy atom. The van der Waals surface area contributed by atoms with Crippen LogP contribution in [0.5, 0.6) is 5.75 Å². The van der Waals surface area contributed by atoms with Crippen LogP contribution in [0.25, 0.3) is 0 Å². The topological polar surface area (TPSA) is 50.1 Å². The van der Waals surface area contributed by atoms with Crippen molar-refractivity contribution in [2.24, 2.45) is 7.05 Å². The standard InChI is InChI=1S/C14H18ClN3O/c1-9(11-8-17-18(3)10(11)2)16-7-12-13(15)5-4-6-14(12)19/h4-6,8-9,16,19H,7H2,1-3H3. The summed E-state index contributed by atoms with van der Waals surface area (Å²) in [7, 11) is 1.92. The number of phenols is 1. The predicted molar refractivity (Wildman–Crippen MR) is 76.3 cm³/mol. The van der Waals surface area contributed by atoms with E-state index in [0.717, 1.165) is 16.8 Å². The van der Waals surface area contributed by atoms with Gasteiger partial charge in [0, 0.05) is 41.5 Å². The van der Waals surface area contributed by atoms with Crippen LogP contribution in [0.1, 0.15) is 29.8 Å². The number of halogens is 1. The van der Waals surface area contributed by atoms with Gasteiger partial charge in [0.1, 0.15) is 5.75 Å². The maximum Gasteiger partial charge on any atom is 0.121 e. The molecule has 0 saturated heterocycles. The zero-order chi connectivity index (χ0) is 14.0. The van der Waals surface area contributed by atoms with Crippen molar-refractivity contribution < 1.29 is 5.11 Å². The summed E-state index contributed by atoms with van der Waals surface area (Å²) in [6, 6.07) is 5.29. The summed E-state index contributed by atoms with van der Waals surface area (Å²) in [6.07, 6.45) is 1.86. The van der Waals surface area contributed by atoms with Gasteiger partial charge in [0.15, 0.2) is 0 Å². The highest BCUT2D eigenvalue weighted by atomic mass is 35.5. The van der Waals surface area contributed by atoms with Gasteiger partial charge < -0.3 is 10.4 Å². The van der Waals surface area contributed by atoms with Gasteiger partial charge in [-0.25, -0.2) is 0 Å². The third-order valence-electron chi connectivity index (χ3n) is 3.42. The van der Waals surface area contributed by atoms with Crippen molar-refractivity contribution in [1.82, 2.24) is 15.1 Å². The summed E-state index contributed by atoms with van der Waals surface area (Å²) in [6.45, 7) is 4.62. The predicted octanol–water partition coefficient (Wildman–Crippen LogP) is 2.94. The summed E-state index contributed by atoms with van der Waals surface area (Å²) in [4.78, 5) is 0. The fourth-order valence-electron chi connectivity index (χ4n) is 2.03. The number of benzene rings is 1. The Labute approximate surface area is 118 Å². The lowest BCUT2D eigenvalue weighted by atomic mass is 10.1. The number of aromatic hydroxyl groups is 1. The Balaban J connectivity index is 2.09. The number of aryl methyl sites for hydroxylation is 1. The summed E-state index contributed by atoms with van der Waals surface area (Å²) in [5.41, 5.74) is 3.00. The van der Waals surface area contributed by atoms with Crippen LogP contribution in [-0.2, 0) is 13.6 Å². The van der Waals surface area contributed by atoms with E-state index in [1.807, 2.05) is 24.9 Å². The van der Waals surface area contributed by atoms with Crippen LogP contribution < -0.4 is 5.32 Å². The van der Waals surface area contributed by atoms with E-state index < -0.39 is 0 Å². The number of nitrogens with zero attached hydrogens (tertiary/aromatic N) is 2. The molecular formula is C14H18ClN3O. The monoisotopic (exact) mass is 279 g/mol. The lowest BCUT2D eigenvalue weighted by molar-refractivity contribution is 0.460. The number of phenolic OH excluding ortho intramolecular Hbond substituents is 1. The van der Waals surface area contributed by atoms with Crippen molar-refractivity contribution in [3.8, 4) is 5.75 Å². The lowest BCUT2D eigenvalue weighted by Crippen LogP contribution is -2.19. The number of hydrogen-bond acceptors (Lipinski definition) is 3. The molecule has 1 aromatic carbocycles. The third kappa shape index (κ3) is 2.91. The molecule has 1 aromatic heterocycles. The van der Waals surface area contributed by atoms with Gasteiger partial charge in [-0.15, -0.1) is 0 Å². The van der Waals surface area contributed by atoms with Crippen LogP contribution in [0.4, 0.5) is 0 Å². The van der Waals surface area contributed by atoms with E-state index in [2.05, 4.69) is 17.3 Å². The molecule has 1 atom stereocenters. The van der Waals surface area contributed by atoms with Crippen LogP contribution in [-0.4, -0.2) is 14.9 Å². The second kappa shape index (κ2) is 5.63. The zero-order valence-corrected chi connectivity index (χ0v) is 12.1. The van der Waals surface area contributed by atoms with Crippen molar-refractivity contribution in [2.45, 2.75) is 26.4 Å². The first kappa shape index (κ1) is 13.9. The molecule has 2 rings (SSSR count). The van der Waals surface area contributed by atoms with Crippen molar-refractivity contribution >= 4 is 11.6 Å². The van der Waals surface area contributed by atoms with E-state index in [1.54, 1.807) is 18.2 Å². The van der Waals surface area contributed by atoms with Gasteiger partial charge in [-0.1, -0.05) is 17.7 Å². The van der Waals surface area contributed by atoms with Crippen molar-refractivity contribution in [3.05, 3.63) is 46.2 Å². The van der Waals surface area contributed by atoms with E-state index in [1.165, 1.54) is 0 Å². The van der Waals surface area contributed by atoms with Crippen molar-refractivity contribution in [2.75, 3.05) is 0 Å². The molecule has 0 saturated carbocycles. The molecule has 0 fully saturated rings. The number of aromatic nitrogens is 2. The normalized spacial score (nSPS) is 12.6. The third-order valence-corrected chi connectivity index (χ3v) is 3.77. The highest BCUT2D eigenvalue weighted by molar-refractivity contribution is 6.31. The Bertz CT molecular complexity index is 560. The molecule has 1 heterocycles. The van der Waals surface area contributed by atoms with E-state index in [0.29, 0.717) is 11.6 Å². The molecule has 2 aromatic rings. The number of hydrogen-bond donors (Lipinski definition) is 2. The average molecular weight is 280 g/mol. The lowest BCUT2D eigenvalue weighted by Gasteiger charge is -2.15. The number of rotatable bonds is 4. The summed E-state index contributed by atoms with van der Waals surface area (Å²) < 4.78 is 1.85. The van der Waals surface area contributed by atoms with Crippen LogP contribution in [0.15, 0.2) is 24.4 Å². The smallest absolute Gasteiger partial charge is 0.121 e. The second-order valence-electron chi connectivity index (χ2n) is 4.65. The zero-order valence-electron chi connectivity index (χ0n) is 11.3. The van der Waals surface area contributed by atoms with Crippen molar-refractivity contribution in [1.29, 1.82) is 0 Å². The fourth-order valence-corrected chi connectivity index (χ4v) is 2.26. The molecule has 0 aliphatic carbocycles. The Morgan fingerprint density at radius 1 is 1.47 bits per heavy atom. The first-order valence-electron chi connectivity index (χ1n) is 6.19. The SMILES string of the molecule is Cc1c(C(C)NCc2c(O)cccc2Cl)cnn1C. The average Bonchev–Trinajstić information content (AvgIpc) is 2.69. The first-order valence-corrected chi connectivity index (χ1v) is 6.56. The quantitative estimate of drug-likeness (QED) is 0.905. The van der Waals surface area contributed by atoms with Gasteiger partial charge >= 0.3 is 0 Å². The van der Waals surface area contributed by atoms with E-state index in [-0.39, 0.29) is 11.8 Å². The largest absolute Gasteiger partial charge is 0.508 e. The molecule has 102 valence electrons. The maximum atomic E-state index is 9.79. The van der Waals surface area contributed by atoms with Crippen LogP contribution in [0, 0.1) is 6.92 Å². The van der Waals surface area contributed by atoms with Crippen LogP contribution >= 0.6 is 11.6 Å². The minimum absolute atomic E-state index is 0.143. The molecule has 0 amide bonds. The van der Waals surface area contributed by atoms with Gasteiger partial charge in [0.05, 0.1) is 6.20 Å². The highest BCUT2D eigenvalue weighted by Gasteiger charge is 2.13. The molecule has 0 aliphatic heterocycles. The Kier molecular flexibility index (Phi) is 4.12. The maximum absolute atomic E-state index is 9.79. The molecule has 5 heteroatoms.